The summed E-state index contributed by atoms with van der Waals surface area (Å²) in [7, 11) is 0. The molecule has 0 atom stereocenters. The monoisotopic (exact) mass is 314 g/mol. The first kappa shape index (κ1) is 13.3. The highest BCUT2D eigenvalue weighted by Gasteiger charge is 2.27. The Bertz CT molecular complexity index is 531. The van der Waals surface area contributed by atoms with Crippen LogP contribution < -0.4 is 5.32 Å². The topological polar surface area (TPSA) is 82.7 Å². The number of rotatable bonds is 5. The smallest absolute Gasteiger partial charge is 0.243 e. The second-order valence-electron chi connectivity index (χ2n) is 4.13. The molecule has 0 aliphatic rings. The van der Waals surface area contributed by atoms with Crippen LogP contribution in [0.4, 0.5) is 5.95 Å². The third kappa shape index (κ3) is 2.33. The summed E-state index contributed by atoms with van der Waals surface area (Å²) < 4.78 is 2.46. The Balaban J connectivity index is 2.34. The molecule has 0 saturated carbocycles. The molecule has 0 aromatic carbocycles. The van der Waals surface area contributed by atoms with Crippen LogP contribution in [0.25, 0.3) is 5.65 Å². The largest absolute Gasteiger partial charge is 0.394 e. The second kappa shape index (κ2) is 5.21. The average Bonchev–Trinajstić information content (AvgIpc) is 2.80. The van der Waals surface area contributed by atoms with Crippen LogP contribution in [0.2, 0.25) is 0 Å². The maximum absolute atomic E-state index is 9.37. The minimum absolute atomic E-state index is 0.184. The van der Waals surface area contributed by atoms with Crippen molar-refractivity contribution in [3.63, 3.8) is 0 Å². The highest BCUT2D eigenvalue weighted by Crippen LogP contribution is 2.20. The Morgan fingerprint density at radius 3 is 2.72 bits per heavy atom. The first-order valence-electron chi connectivity index (χ1n) is 5.65. The van der Waals surface area contributed by atoms with Crippen LogP contribution in [-0.4, -0.2) is 43.6 Å². The number of aliphatic hydroxyl groups is 2. The summed E-state index contributed by atoms with van der Waals surface area (Å²) in [6, 6.07) is 3.72. The lowest BCUT2D eigenvalue weighted by Gasteiger charge is -2.28. The van der Waals surface area contributed by atoms with Crippen molar-refractivity contribution in [1.29, 1.82) is 0 Å². The molecule has 2 rings (SSSR count). The number of pyridine rings is 1. The zero-order valence-electron chi connectivity index (χ0n) is 9.97. The lowest BCUT2D eigenvalue weighted by Crippen LogP contribution is -2.45. The highest BCUT2D eigenvalue weighted by atomic mass is 79.9. The fourth-order valence-electron chi connectivity index (χ4n) is 1.60. The number of anilines is 1. The van der Waals surface area contributed by atoms with Gasteiger partial charge in [-0.05, 0) is 34.5 Å². The molecule has 0 spiro atoms. The molecular weight excluding hydrogens is 300 g/mol. The van der Waals surface area contributed by atoms with Gasteiger partial charge in [0, 0.05) is 6.20 Å². The van der Waals surface area contributed by atoms with E-state index in [-0.39, 0.29) is 13.2 Å². The fraction of sp³-hybridized carbons (Fsp3) is 0.455. The van der Waals surface area contributed by atoms with Gasteiger partial charge in [0.15, 0.2) is 5.65 Å². The first-order chi connectivity index (χ1) is 8.64. The van der Waals surface area contributed by atoms with E-state index in [0.717, 1.165) is 4.47 Å². The molecule has 0 amide bonds. The van der Waals surface area contributed by atoms with E-state index in [9.17, 15) is 10.2 Å². The van der Waals surface area contributed by atoms with E-state index < -0.39 is 5.54 Å². The summed E-state index contributed by atoms with van der Waals surface area (Å²) in [5.74, 6) is 0.381. The summed E-state index contributed by atoms with van der Waals surface area (Å²) in [6.45, 7) is 1.51. The van der Waals surface area contributed by atoms with E-state index in [1.54, 1.807) is 10.7 Å². The Kier molecular flexibility index (Phi) is 3.84. The Hall–Kier alpha value is -1.18. The number of nitrogens with one attached hydrogen (secondary N) is 1. The molecule has 0 saturated heterocycles. The van der Waals surface area contributed by atoms with Crippen LogP contribution in [0, 0.1) is 0 Å². The van der Waals surface area contributed by atoms with Crippen LogP contribution in [0.5, 0.6) is 0 Å². The summed E-state index contributed by atoms with van der Waals surface area (Å²) in [4.78, 5) is 4.31. The van der Waals surface area contributed by atoms with Gasteiger partial charge in [-0.1, -0.05) is 6.92 Å². The quantitative estimate of drug-likeness (QED) is 0.768. The van der Waals surface area contributed by atoms with E-state index in [1.807, 2.05) is 19.1 Å². The van der Waals surface area contributed by atoms with E-state index in [0.29, 0.717) is 18.0 Å². The molecule has 0 aliphatic carbocycles. The molecule has 0 unspecified atom stereocenters. The third-order valence-corrected chi connectivity index (χ3v) is 3.59. The number of hydrogen-bond acceptors (Lipinski definition) is 5. The van der Waals surface area contributed by atoms with E-state index in [1.165, 1.54) is 0 Å². The van der Waals surface area contributed by atoms with Crippen LogP contribution in [0.1, 0.15) is 13.3 Å². The second-order valence-corrected chi connectivity index (χ2v) is 4.99. The predicted molar refractivity (Wildman–Crippen MR) is 71.5 cm³/mol. The van der Waals surface area contributed by atoms with E-state index >= 15 is 0 Å². The molecule has 2 heterocycles. The van der Waals surface area contributed by atoms with Crippen LogP contribution in [0.3, 0.4) is 0 Å². The van der Waals surface area contributed by atoms with Crippen molar-refractivity contribution in [2.24, 2.45) is 0 Å². The zero-order chi connectivity index (χ0) is 13.2. The van der Waals surface area contributed by atoms with Gasteiger partial charge in [0.05, 0.1) is 23.2 Å². The molecule has 0 bridgehead atoms. The number of halogens is 1. The molecule has 6 nitrogen and oxygen atoms in total. The van der Waals surface area contributed by atoms with Gasteiger partial charge in [-0.2, -0.15) is 4.98 Å². The summed E-state index contributed by atoms with van der Waals surface area (Å²) in [5, 5.41) is 26.0. The van der Waals surface area contributed by atoms with Crippen LogP contribution in [0.15, 0.2) is 22.8 Å². The van der Waals surface area contributed by atoms with E-state index in [4.69, 9.17) is 0 Å². The third-order valence-electron chi connectivity index (χ3n) is 2.97. The molecular formula is C11H15BrN4O2. The normalized spacial score (nSPS) is 12.0. The molecule has 7 heteroatoms. The summed E-state index contributed by atoms with van der Waals surface area (Å²) >= 11 is 3.39. The zero-order valence-corrected chi connectivity index (χ0v) is 11.6. The molecule has 2 aromatic heterocycles. The SMILES string of the molecule is CCC(CO)(CO)Nc1nc2c(Br)cccn2n1. The number of nitrogens with zero attached hydrogens (tertiary/aromatic N) is 3. The number of aliphatic hydroxyl groups excluding tert-OH is 2. The first-order valence-corrected chi connectivity index (χ1v) is 6.44. The van der Waals surface area contributed by atoms with Gasteiger partial charge in [0.2, 0.25) is 5.95 Å². The van der Waals surface area contributed by atoms with Crippen molar-refractivity contribution in [3.05, 3.63) is 22.8 Å². The molecule has 18 heavy (non-hydrogen) atoms. The molecule has 98 valence electrons. The number of fused-ring (bicyclic) bond motifs is 1. The van der Waals surface area contributed by atoms with Gasteiger partial charge in [-0.15, -0.1) is 5.10 Å². The highest BCUT2D eigenvalue weighted by molar-refractivity contribution is 9.10. The minimum atomic E-state index is -0.794. The predicted octanol–water partition coefficient (Wildman–Crippen LogP) is 1.04. The van der Waals surface area contributed by atoms with Gasteiger partial charge in [-0.25, -0.2) is 4.52 Å². The van der Waals surface area contributed by atoms with Crippen molar-refractivity contribution in [3.8, 4) is 0 Å². The Morgan fingerprint density at radius 2 is 2.17 bits per heavy atom. The van der Waals surface area contributed by atoms with Crippen molar-refractivity contribution in [2.45, 2.75) is 18.9 Å². The van der Waals surface area contributed by atoms with Gasteiger partial charge < -0.3 is 15.5 Å². The molecule has 0 fully saturated rings. The van der Waals surface area contributed by atoms with E-state index in [2.05, 4.69) is 31.3 Å². The van der Waals surface area contributed by atoms with Crippen molar-refractivity contribution < 1.29 is 10.2 Å². The van der Waals surface area contributed by atoms with Crippen molar-refractivity contribution in [2.75, 3.05) is 18.5 Å². The number of aromatic nitrogens is 3. The maximum Gasteiger partial charge on any atom is 0.243 e. The average molecular weight is 315 g/mol. The lowest BCUT2D eigenvalue weighted by molar-refractivity contribution is 0.132. The summed E-state index contributed by atoms with van der Waals surface area (Å²) in [5.41, 5.74) is -0.113. The van der Waals surface area contributed by atoms with Crippen molar-refractivity contribution >= 4 is 27.5 Å². The minimum Gasteiger partial charge on any atom is -0.394 e. The lowest BCUT2D eigenvalue weighted by atomic mass is 9.99. The number of hydrogen-bond donors (Lipinski definition) is 3. The van der Waals surface area contributed by atoms with Gasteiger partial charge in [0.25, 0.3) is 0 Å². The Labute approximate surface area is 113 Å². The Morgan fingerprint density at radius 1 is 1.44 bits per heavy atom. The van der Waals surface area contributed by atoms with Gasteiger partial charge in [0.1, 0.15) is 0 Å². The van der Waals surface area contributed by atoms with Crippen LogP contribution >= 0.6 is 15.9 Å². The fourth-order valence-corrected chi connectivity index (χ4v) is 2.03. The summed E-state index contributed by atoms with van der Waals surface area (Å²) in [6.07, 6.45) is 2.35. The van der Waals surface area contributed by atoms with Gasteiger partial charge >= 0.3 is 0 Å². The molecule has 2 aromatic rings. The molecule has 0 aliphatic heterocycles. The molecule has 0 radical (unpaired) electrons. The van der Waals surface area contributed by atoms with Crippen molar-refractivity contribution in [1.82, 2.24) is 14.6 Å². The van der Waals surface area contributed by atoms with Crippen LogP contribution in [-0.2, 0) is 0 Å². The molecule has 3 N–H and O–H groups in total. The maximum atomic E-state index is 9.37. The van der Waals surface area contributed by atoms with Gasteiger partial charge in [-0.3, -0.25) is 0 Å². The standard InChI is InChI=1S/C11H15BrN4O2/c1-2-11(6-17,7-18)14-10-13-9-8(12)4-3-5-16(9)15-10/h3-5,17-18H,2,6-7H2,1H3,(H,14,15).